The lowest BCUT2D eigenvalue weighted by atomic mass is 10.2. The van der Waals surface area contributed by atoms with Crippen LogP contribution < -0.4 is 20.7 Å². The second-order valence-electron chi connectivity index (χ2n) is 5.31. The topological polar surface area (TPSA) is 109 Å². The van der Waals surface area contributed by atoms with Gasteiger partial charge >= 0.3 is 5.97 Å². The molecular weight excluding hydrogens is 320 g/mol. The minimum Gasteiger partial charge on any atom is -0.423 e. The van der Waals surface area contributed by atoms with E-state index in [0.29, 0.717) is 23.4 Å². The van der Waals surface area contributed by atoms with Gasteiger partial charge in [-0.05, 0) is 48.5 Å². The van der Waals surface area contributed by atoms with Gasteiger partial charge in [-0.25, -0.2) is 4.79 Å². The van der Waals surface area contributed by atoms with Crippen LogP contribution in [0.5, 0.6) is 5.75 Å². The maximum Gasteiger partial charge on any atom is 0.343 e. The van der Waals surface area contributed by atoms with E-state index in [1.807, 2.05) is 0 Å². The highest BCUT2D eigenvalue weighted by atomic mass is 16.5. The van der Waals surface area contributed by atoms with E-state index in [2.05, 4.69) is 5.32 Å². The summed E-state index contributed by atoms with van der Waals surface area (Å²) in [6, 6.07) is 13.1. The van der Waals surface area contributed by atoms with Crippen LogP contribution >= 0.6 is 0 Å². The minimum atomic E-state index is -0.500. The molecule has 130 valence electrons. The normalized spacial score (nSPS) is 10.0. The molecule has 0 heterocycles. The van der Waals surface area contributed by atoms with Crippen molar-refractivity contribution >= 4 is 29.2 Å². The number of amides is 1. The molecule has 0 spiro atoms. The number of carbonyl (C=O) groups excluding carboxylic acids is 2. The SMILES string of the molecule is CCC(=O)N(C)c1ccc(OC(=O)c2ccc(NC(=N)N)cc2)cc1. The number of rotatable bonds is 5. The van der Waals surface area contributed by atoms with E-state index in [1.165, 1.54) is 0 Å². The van der Waals surface area contributed by atoms with Gasteiger partial charge in [0.25, 0.3) is 0 Å². The molecule has 0 saturated heterocycles. The molecule has 0 bridgehead atoms. The number of carbonyl (C=O) groups is 2. The molecule has 7 heteroatoms. The molecule has 0 unspecified atom stereocenters. The van der Waals surface area contributed by atoms with Crippen molar-refractivity contribution in [1.82, 2.24) is 0 Å². The van der Waals surface area contributed by atoms with Crippen LogP contribution in [0.3, 0.4) is 0 Å². The first kappa shape index (κ1) is 18.0. The van der Waals surface area contributed by atoms with E-state index in [0.717, 1.165) is 5.69 Å². The van der Waals surface area contributed by atoms with Crippen molar-refractivity contribution in [1.29, 1.82) is 5.41 Å². The van der Waals surface area contributed by atoms with Crippen LogP contribution in [0, 0.1) is 5.41 Å². The predicted octanol–water partition coefficient (Wildman–Crippen LogP) is 2.58. The predicted molar refractivity (Wildman–Crippen MR) is 97.1 cm³/mol. The standard InChI is InChI=1S/C18H20N4O3/c1-3-16(23)22(2)14-8-10-15(11-9-14)25-17(24)12-4-6-13(7-5-12)21-18(19)20/h4-11H,3H2,1-2H3,(H4,19,20,21). The lowest BCUT2D eigenvalue weighted by Crippen LogP contribution is -2.24. The van der Waals surface area contributed by atoms with Gasteiger partial charge in [-0.15, -0.1) is 0 Å². The van der Waals surface area contributed by atoms with Gasteiger partial charge in [0.1, 0.15) is 5.75 Å². The number of nitrogens with two attached hydrogens (primary N) is 1. The molecule has 7 nitrogen and oxygen atoms in total. The second kappa shape index (κ2) is 7.96. The van der Waals surface area contributed by atoms with E-state index in [9.17, 15) is 9.59 Å². The highest BCUT2D eigenvalue weighted by Gasteiger charge is 2.11. The third kappa shape index (κ3) is 4.81. The molecule has 4 N–H and O–H groups in total. The van der Waals surface area contributed by atoms with Gasteiger partial charge in [0.05, 0.1) is 5.56 Å². The van der Waals surface area contributed by atoms with Crippen molar-refractivity contribution in [2.24, 2.45) is 5.73 Å². The smallest absolute Gasteiger partial charge is 0.343 e. The van der Waals surface area contributed by atoms with E-state index >= 15 is 0 Å². The van der Waals surface area contributed by atoms with Gasteiger partial charge in [0.2, 0.25) is 5.91 Å². The van der Waals surface area contributed by atoms with E-state index in [1.54, 1.807) is 67.4 Å². The van der Waals surface area contributed by atoms with Crippen LogP contribution in [-0.2, 0) is 4.79 Å². The Hall–Kier alpha value is -3.35. The third-order valence-electron chi connectivity index (χ3n) is 3.51. The Kier molecular flexibility index (Phi) is 5.73. The Labute approximate surface area is 145 Å². The summed E-state index contributed by atoms with van der Waals surface area (Å²) in [4.78, 5) is 25.4. The van der Waals surface area contributed by atoms with Gasteiger partial charge < -0.3 is 20.7 Å². The Morgan fingerprint density at radius 3 is 2.24 bits per heavy atom. The maximum absolute atomic E-state index is 12.1. The molecule has 1 amide bonds. The monoisotopic (exact) mass is 340 g/mol. The van der Waals surface area contributed by atoms with E-state index in [4.69, 9.17) is 15.9 Å². The zero-order valence-corrected chi connectivity index (χ0v) is 14.1. The first-order chi connectivity index (χ1) is 11.9. The van der Waals surface area contributed by atoms with Crippen LogP contribution in [0.4, 0.5) is 11.4 Å². The second-order valence-corrected chi connectivity index (χ2v) is 5.31. The van der Waals surface area contributed by atoms with Crippen LogP contribution in [0.15, 0.2) is 48.5 Å². The van der Waals surface area contributed by atoms with Crippen molar-refractivity contribution in [2.45, 2.75) is 13.3 Å². The molecule has 0 aliphatic rings. The lowest BCUT2D eigenvalue weighted by molar-refractivity contribution is -0.118. The number of nitrogens with one attached hydrogen (secondary N) is 2. The van der Waals surface area contributed by atoms with Crippen LogP contribution in [0.25, 0.3) is 0 Å². The molecule has 0 radical (unpaired) electrons. The van der Waals surface area contributed by atoms with Crippen LogP contribution in [-0.4, -0.2) is 24.9 Å². The number of hydrogen-bond donors (Lipinski definition) is 3. The number of nitrogens with zero attached hydrogens (tertiary/aromatic N) is 1. The molecule has 0 saturated carbocycles. The van der Waals surface area contributed by atoms with Gasteiger partial charge in [0, 0.05) is 24.8 Å². The summed E-state index contributed by atoms with van der Waals surface area (Å²) < 4.78 is 5.31. The number of benzene rings is 2. The molecule has 0 aliphatic heterocycles. The minimum absolute atomic E-state index is 0.00371. The fourth-order valence-electron chi connectivity index (χ4n) is 2.13. The Morgan fingerprint density at radius 1 is 1.12 bits per heavy atom. The fraction of sp³-hybridized carbons (Fsp3) is 0.167. The Balaban J connectivity index is 2.03. The number of guanidine groups is 1. The number of ether oxygens (including phenoxy) is 1. The lowest BCUT2D eigenvalue weighted by Gasteiger charge is -2.16. The number of esters is 1. The first-order valence-corrected chi connectivity index (χ1v) is 7.70. The number of anilines is 2. The summed E-state index contributed by atoms with van der Waals surface area (Å²) in [7, 11) is 1.70. The van der Waals surface area contributed by atoms with Crippen molar-refractivity contribution in [3.8, 4) is 5.75 Å². The molecule has 0 fully saturated rings. The quantitative estimate of drug-likeness (QED) is 0.335. The molecule has 0 atom stereocenters. The van der Waals surface area contributed by atoms with Crippen LogP contribution in [0.2, 0.25) is 0 Å². The van der Waals surface area contributed by atoms with Crippen LogP contribution in [0.1, 0.15) is 23.7 Å². The van der Waals surface area contributed by atoms with Crippen molar-refractivity contribution in [2.75, 3.05) is 17.3 Å². The fourth-order valence-corrected chi connectivity index (χ4v) is 2.13. The largest absolute Gasteiger partial charge is 0.423 e. The van der Waals surface area contributed by atoms with Gasteiger partial charge in [0.15, 0.2) is 5.96 Å². The highest BCUT2D eigenvalue weighted by molar-refractivity contribution is 5.94. The molecule has 2 rings (SSSR count). The zero-order chi connectivity index (χ0) is 18.4. The summed E-state index contributed by atoms with van der Waals surface area (Å²) in [6.07, 6.45) is 0.418. The summed E-state index contributed by atoms with van der Waals surface area (Å²) in [5, 5.41) is 9.78. The summed E-state index contributed by atoms with van der Waals surface area (Å²) >= 11 is 0. The molecule has 25 heavy (non-hydrogen) atoms. The zero-order valence-electron chi connectivity index (χ0n) is 14.1. The Morgan fingerprint density at radius 2 is 1.72 bits per heavy atom. The van der Waals surface area contributed by atoms with E-state index < -0.39 is 5.97 Å². The highest BCUT2D eigenvalue weighted by Crippen LogP contribution is 2.20. The molecule has 2 aromatic rings. The van der Waals surface area contributed by atoms with Crippen molar-refractivity contribution in [3.63, 3.8) is 0 Å². The van der Waals surface area contributed by atoms with Gasteiger partial charge in [-0.3, -0.25) is 10.2 Å². The first-order valence-electron chi connectivity index (χ1n) is 7.70. The van der Waals surface area contributed by atoms with Gasteiger partial charge in [-0.1, -0.05) is 6.92 Å². The van der Waals surface area contributed by atoms with Crippen molar-refractivity contribution in [3.05, 3.63) is 54.1 Å². The third-order valence-corrected chi connectivity index (χ3v) is 3.51. The summed E-state index contributed by atoms with van der Waals surface area (Å²) in [5.74, 6) is -0.289. The van der Waals surface area contributed by atoms with Crippen molar-refractivity contribution < 1.29 is 14.3 Å². The Bertz CT molecular complexity index is 770. The molecule has 0 aromatic heterocycles. The van der Waals surface area contributed by atoms with E-state index in [-0.39, 0.29) is 11.9 Å². The molecule has 0 aliphatic carbocycles. The average Bonchev–Trinajstić information content (AvgIpc) is 2.61. The average molecular weight is 340 g/mol. The summed E-state index contributed by atoms with van der Waals surface area (Å²) in [5.41, 5.74) is 6.95. The van der Waals surface area contributed by atoms with Gasteiger partial charge in [-0.2, -0.15) is 0 Å². The molecular formula is C18H20N4O3. The number of hydrogen-bond acceptors (Lipinski definition) is 4. The summed E-state index contributed by atoms with van der Waals surface area (Å²) in [6.45, 7) is 1.80. The maximum atomic E-state index is 12.1. The molecule has 2 aromatic carbocycles.